The highest BCUT2D eigenvalue weighted by Gasteiger charge is 2.14. The predicted octanol–water partition coefficient (Wildman–Crippen LogP) is 2.42. The van der Waals surface area contributed by atoms with Gasteiger partial charge in [-0.2, -0.15) is 0 Å². The molecule has 3 N–H and O–H groups in total. The van der Waals surface area contributed by atoms with Gasteiger partial charge in [0.15, 0.2) is 0 Å². The second-order valence-electron chi connectivity index (χ2n) is 4.66. The minimum atomic E-state index is -0.470. The van der Waals surface area contributed by atoms with Crippen molar-refractivity contribution in [2.45, 2.75) is 13.5 Å². The van der Waals surface area contributed by atoms with Crippen LogP contribution in [0.25, 0.3) is 0 Å². The Balaban J connectivity index is 2.15. The summed E-state index contributed by atoms with van der Waals surface area (Å²) in [6.07, 6.45) is 0. The first kappa shape index (κ1) is 14.5. The zero-order valence-corrected chi connectivity index (χ0v) is 11.5. The Morgan fingerprint density at radius 1 is 1.29 bits per heavy atom. The number of nitrogens with two attached hydrogens (primary N) is 1. The Bertz CT molecular complexity index is 698. The van der Waals surface area contributed by atoms with Crippen LogP contribution in [0.1, 0.15) is 21.5 Å². The van der Waals surface area contributed by atoms with Gasteiger partial charge < -0.3 is 11.1 Å². The number of hydrogen-bond donors (Lipinski definition) is 2. The quantitative estimate of drug-likeness (QED) is 0.512. The van der Waals surface area contributed by atoms with Crippen molar-refractivity contribution in [2.24, 2.45) is 0 Å². The Kier molecular flexibility index (Phi) is 4.18. The van der Waals surface area contributed by atoms with E-state index in [9.17, 15) is 14.9 Å². The van der Waals surface area contributed by atoms with Crippen LogP contribution in [0.5, 0.6) is 0 Å². The van der Waals surface area contributed by atoms with Gasteiger partial charge in [-0.25, -0.2) is 0 Å². The van der Waals surface area contributed by atoms with Gasteiger partial charge in [-0.1, -0.05) is 29.8 Å². The highest BCUT2D eigenvalue weighted by molar-refractivity contribution is 5.99. The van der Waals surface area contributed by atoms with Crippen molar-refractivity contribution in [1.82, 2.24) is 5.32 Å². The molecule has 108 valence electrons. The number of nitrogen functional groups attached to an aromatic ring is 1. The molecule has 0 atom stereocenters. The summed E-state index contributed by atoms with van der Waals surface area (Å²) in [6.45, 7) is 1.93. The van der Waals surface area contributed by atoms with Gasteiger partial charge in [-0.05, 0) is 19.1 Å². The van der Waals surface area contributed by atoms with Gasteiger partial charge in [0.05, 0.1) is 10.5 Å². The van der Waals surface area contributed by atoms with E-state index in [2.05, 4.69) is 5.32 Å². The highest BCUT2D eigenvalue weighted by atomic mass is 16.6. The van der Waals surface area contributed by atoms with Crippen LogP contribution in [-0.4, -0.2) is 10.8 Å². The van der Waals surface area contributed by atoms with Crippen molar-refractivity contribution in [3.8, 4) is 0 Å². The summed E-state index contributed by atoms with van der Waals surface area (Å²) in [6, 6.07) is 11.4. The Morgan fingerprint density at radius 3 is 2.71 bits per heavy atom. The van der Waals surface area contributed by atoms with Gasteiger partial charge in [0.2, 0.25) is 0 Å². The summed E-state index contributed by atoms with van der Waals surface area (Å²) in [4.78, 5) is 22.5. The number of nitro benzene ring substituents is 1. The van der Waals surface area contributed by atoms with Gasteiger partial charge >= 0.3 is 0 Å². The lowest BCUT2D eigenvalue weighted by Crippen LogP contribution is -2.24. The molecule has 2 aromatic rings. The van der Waals surface area contributed by atoms with Crippen LogP contribution >= 0.6 is 0 Å². The van der Waals surface area contributed by atoms with Crippen LogP contribution in [0.3, 0.4) is 0 Å². The third-order valence-electron chi connectivity index (χ3n) is 3.08. The van der Waals surface area contributed by atoms with Crippen molar-refractivity contribution in [2.75, 3.05) is 5.73 Å². The number of amides is 1. The highest BCUT2D eigenvalue weighted by Crippen LogP contribution is 2.18. The van der Waals surface area contributed by atoms with Crippen LogP contribution in [0, 0.1) is 17.0 Å². The Labute approximate surface area is 121 Å². The van der Waals surface area contributed by atoms with Crippen LogP contribution in [0.4, 0.5) is 11.4 Å². The molecule has 0 unspecified atom stereocenters. The number of carbonyl (C=O) groups excluding carboxylic acids is 1. The van der Waals surface area contributed by atoms with E-state index in [-0.39, 0.29) is 18.1 Å². The minimum Gasteiger partial charge on any atom is -0.398 e. The monoisotopic (exact) mass is 285 g/mol. The second-order valence-corrected chi connectivity index (χ2v) is 4.66. The molecule has 0 radical (unpaired) electrons. The molecule has 1 amide bonds. The largest absolute Gasteiger partial charge is 0.398 e. The van der Waals surface area contributed by atoms with Crippen LogP contribution in [0.2, 0.25) is 0 Å². The molecular formula is C15H15N3O3. The number of nitro groups is 1. The number of nitrogens with one attached hydrogen (secondary N) is 1. The molecule has 6 nitrogen and oxygen atoms in total. The average molecular weight is 285 g/mol. The van der Waals surface area contributed by atoms with E-state index in [0.717, 1.165) is 5.56 Å². The van der Waals surface area contributed by atoms with E-state index in [0.29, 0.717) is 16.8 Å². The second kappa shape index (κ2) is 6.04. The molecule has 0 aliphatic carbocycles. The third-order valence-corrected chi connectivity index (χ3v) is 3.08. The number of hydrogen-bond acceptors (Lipinski definition) is 4. The third kappa shape index (κ3) is 3.36. The SMILES string of the molecule is Cc1ccc(N)c(C(=O)NCc2ccccc2[N+](=O)[O-])c1. The molecule has 0 aliphatic rings. The maximum absolute atomic E-state index is 12.1. The van der Waals surface area contributed by atoms with E-state index < -0.39 is 4.92 Å². The lowest BCUT2D eigenvalue weighted by atomic mass is 10.1. The predicted molar refractivity (Wildman–Crippen MR) is 79.9 cm³/mol. The lowest BCUT2D eigenvalue weighted by molar-refractivity contribution is -0.385. The van der Waals surface area contributed by atoms with Crippen molar-refractivity contribution in [3.05, 3.63) is 69.3 Å². The van der Waals surface area contributed by atoms with E-state index in [1.54, 1.807) is 30.3 Å². The molecule has 0 saturated heterocycles. The molecule has 6 heteroatoms. The summed E-state index contributed by atoms with van der Waals surface area (Å²) in [7, 11) is 0. The van der Waals surface area contributed by atoms with Crippen LogP contribution < -0.4 is 11.1 Å². The molecule has 0 saturated carbocycles. The fraction of sp³-hybridized carbons (Fsp3) is 0.133. The number of carbonyl (C=O) groups is 1. The number of anilines is 1. The zero-order chi connectivity index (χ0) is 15.4. The van der Waals surface area contributed by atoms with E-state index in [1.807, 2.05) is 13.0 Å². The molecule has 0 fully saturated rings. The molecule has 0 aromatic heterocycles. The first-order chi connectivity index (χ1) is 9.99. The Morgan fingerprint density at radius 2 is 2.00 bits per heavy atom. The maximum atomic E-state index is 12.1. The van der Waals surface area contributed by atoms with Crippen molar-refractivity contribution in [1.29, 1.82) is 0 Å². The zero-order valence-electron chi connectivity index (χ0n) is 11.5. The van der Waals surface area contributed by atoms with Crippen LogP contribution in [-0.2, 0) is 6.54 Å². The Hall–Kier alpha value is -2.89. The number of nitrogens with zero attached hydrogens (tertiary/aromatic N) is 1. The molecule has 0 heterocycles. The molecule has 0 aliphatic heterocycles. The summed E-state index contributed by atoms with van der Waals surface area (Å²) >= 11 is 0. The summed E-state index contributed by atoms with van der Waals surface area (Å²) in [5.74, 6) is -0.352. The minimum absolute atomic E-state index is 0.0185. The standard InChI is InChI=1S/C15H15N3O3/c1-10-6-7-13(16)12(8-10)15(19)17-9-11-4-2-3-5-14(11)18(20)21/h2-8H,9,16H2,1H3,(H,17,19). The van der Waals surface area contributed by atoms with Gasteiger partial charge in [0.25, 0.3) is 11.6 Å². The number of benzene rings is 2. The summed E-state index contributed by atoms with van der Waals surface area (Å²) in [5, 5.41) is 13.6. The molecule has 0 spiro atoms. The number of aryl methyl sites for hydroxylation is 1. The molecule has 2 aromatic carbocycles. The van der Waals surface area contributed by atoms with E-state index in [4.69, 9.17) is 5.73 Å². The fourth-order valence-electron chi connectivity index (χ4n) is 1.98. The van der Waals surface area contributed by atoms with E-state index in [1.165, 1.54) is 6.07 Å². The fourth-order valence-corrected chi connectivity index (χ4v) is 1.98. The van der Waals surface area contributed by atoms with Gasteiger partial charge in [0, 0.05) is 23.9 Å². The molecule has 0 bridgehead atoms. The average Bonchev–Trinajstić information content (AvgIpc) is 2.47. The molecule has 21 heavy (non-hydrogen) atoms. The first-order valence-corrected chi connectivity index (χ1v) is 6.35. The van der Waals surface area contributed by atoms with Gasteiger partial charge in [0.1, 0.15) is 0 Å². The van der Waals surface area contributed by atoms with Gasteiger partial charge in [-0.15, -0.1) is 0 Å². The number of para-hydroxylation sites is 1. The van der Waals surface area contributed by atoms with Crippen molar-refractivity contribution >= 4 is 17.3 Å². The topological polar surface area (TPSA) is 98.3 Å². The summed E-state index contributed by atoms with van der Waals surface area (Å²) in [5.41, 5.74) is 7.86. The van der Waals surface area contributed by atoms with Crippen molar-refractivity contribution in [3.63, 3.8) is 0 Å². The summed E-state index contributed by atoms with van der Waals surface area (Å²) < 4.78 is 0. The van der Waals surface area contributed by atoms with Crippen LogP contribution in [0.15, 0.2) is 42.5 Å². The van der Waals surface area contributed by atoms with Gasteiger partial charge in [-0.3, -0.25) is 14.9 Å². The smallest absolute Gasteiger partial charge is 0.274 e. The lowest BCUT2D eigenvalue weighted by Gasteiger charge is -2.08. The van der Waals surface area contributed by atoms with E-state index >= 15 is 0 Å². The number of rotatable bonds is 4. The maximum Gasteiger partial charge on any atom is 0.274 e. The first-order valence-electron chi connectivity index (χ1n) is 6.35. The normalized spacial score (nSPS) is 10.1. The molecule has 2 rings (SSSR count). The van der Waals surface area contributed by atoms with Crippen molar-refractivity contribution < 1.29 is 9.72 Å². The molecular weight excluding hydrogens is 270 g/mol.